The molecule has 0 aromatic heterocycles. The topological polar surface area (TPSA) is 81.8 Å². The molecule has 2 heterocycles. The Bertz CT molecular complexity index is 753. The number of alkyl halides is 1. The number of nitrogens with zero attached hydrogens (tertiary/aromatic N) is 2. The van der Waals surface area contributed by atoms with Crippen molar-refractivity contribution in [2.75, 3.05) is 26.2 Å². The third-order valence-corrected chi connectivity index (χ3v) is 6.41. The summed E-state index contributed by atoms with van der Waals surface area (Å²) < 4.78 is 53.7. The first-order valence-corrected chi connectivity index (χ1v) is 9.44. The van der Waals surface area contributed by atoms with Gasteiger partial charge in [-0.05, 0) is 19.1 Å². The summed E-state index contributed by atoms with van der Waals surface area (Å²) in [5.41, 5.74) is 0. The van der Waals surface area contributed by atoms with E-state index >= 15 is 0 Å². The van der Waals surface area contributed by atoms with Crippen LogP contribution in [-0.4, -0.2) is 68.2 Å². The molecule has 3 unspecified atom stereocenters. The van der Waals surface area contributed by atoms with E-state index in [0.29, 0.717) is 13.1 Å². The first kappa shape index (κ1) is 18.2. The maximum absolute atomic E-state index is 13.8. The first-order chi connectivity index (χ1) is 11.8. The van der Waals surface area contributed by atoms with Crippen molar-refractivity contribution in [3.05, 3.63) is 30.1 Å². The van der Waals surface area contributed by atoms with E-state index in [4.69, 9.17) is 0 Å². The highest BCUT2D eigenvalue weighted by atomic mass is 32.2. The zero-order valence-corrected chi connectivity index (χ0v) is 14.5. The van der Waals surface area contributed by atoms with Crippen LogP contribution in [0.2, 0.25) is 0 Å². The molecule has 0 saturated carbocycles. The number of amides is 1. The number of rotatable bonds is 3. The summed E-state index contributed by atoms with van der Waals surface area (Å²) in [6, 6.07) is 4.63. The zero-order valence-electron chi connectivity index (χ0n) is 13.7. The lowest BCUT2D eigenvalue weighted by molar-refractivity contribution is -0.133. The van der Waals surface area contributed by atoms with Gasteiger partial charge in [-0.15, -0.1) is 0 Å². The van der Waals surface area contributed by atoms with Gasteiger partial charge in [-0.3, -0.25) is 15.0 Å². The van der Waals surface area contributed by atoms with Gasteiger partial charge in [0.2, 0.25) is 10.0 Å². The molecule has 0 spiro atoms. The molecule has 1 aromatic rings. The van der Waals surface area contributed by atoms with Crippen molar-refractivity contribution in [1.29, 1.82) is 0 Å². The number of sulfonamides is 1. The normalized spacial score (nSPS) is 29.4. The van der Waals surface area contributed by atoms with Crippen LogP contribution in [0, 0.1) is 5.82 Å². The Morgan fingerprint density at radius 1 is 1.16 bits per heavy atom. The van der Waals surface area contributed by atoms with E-state index in [-0.39, 0.29) is 18.0 Å². The Morgan fingerprint density at radius 2 is 1.80 bits per heavy atom. The standard InChI is InChI=1S/C15H20F2N4O3S/c1-10-13(17)14(22)19-15(18-10)20-6-8-21(9-7-20)25(23,24)12-5-3-2-4-11(12)16/h2-5,10,13,15,18H,6-9H2,1H3,(H,19,22). The van der Waals surface area contributed by atoms with Crippen molar-refractivity contribution in [3.63, 3.8) is 0 Å². The van der Waals surface area contributed by atoms with Crippen LogP contribution in [0.3, 0.4) is 0 Å². The highest BCUT2D eigenvalue weighted by Gasteiger charge is 2.38. The van der Waals surface area contributed by atoms with Crippen LogP contribution in [0.1, 0.15) is 6.92 Å². The average molecular weight is 374 g/mol. The maximum atomic E-state index is 13.8. The van der Waals surface area contributed by atoms with Gasteiger partial charge in [0.1, 0.15) is 17.0 Å². The van der Waals surface area contributed by atoms with Crippen LogP contribution in [0.25, 0.3) is 0 Å². The Labute approximate surface area is 145 Å². The quantitative estimate of drug-likeness (QED) is 0.770. The maximum Gasteiger partial charge on any atom is 0.258 e. The molecule has 138 valence electrons. The van der Waals surface area contributed by atoms with E-state index < -0.39 is 40.3 Å². The molecule has 3 atom stereocenters. The van der Waals surface area contributed by atoms with Gasteiger partial charge in [-0.25, -0.2) is 17.2 Å². The van der Waals surface area contributed by atoms with Gasteiger partial charge in [0.15, 0.2) is 6.17 Å². The molecular formula is C15H20F2N4O3S. The number of hydrogen-bond acceptors (Lipinski definition) is 5. The fourth-order valence-electron chi connectivity index (χ4n) is 3.01. The average Bonchev–Trinajstić information content (AvgIpc) is 2.59. The third-order valence-electron chi connectivity index (χ3n) is 4.48. The minimum absolute atomic E-state index is 0.151. The molecule has 0 aliphatic carbocycles. The van der Waals surface area contributed by atoms with Gasteiger partial charge >= 0.3 is 0 Å². The summed E-state index contributed by atoms with van der Waals surface area (Å²) in [6.07, 6.45) is -2.16. The summed E-state index contributed by atoms with van der Waals surface area (Å²) in [7, 11) is -3.91. The van der Waals surface area contributed by atoms with Crippen molar-refractivity contribution in [2.24, 2.45) is 0 Å². The number of carbonyl (C=O) groups is 1. The van der Waals surface area contributed by atoms with Crippen LogP contribution in [0.5, 0.6) is 0 Å². The zero-order chi connectivity index (χ0) is 18.2. The van der Waals surface area contributed by atoms with E-state index in [1.165, 1.54) is 22.5 Å². The molecule has 0 bridgehead atoms. The van der Waals surface area contributed by atoms with Gasteiger partial charge in [0, 0.05) is 32.2 Å². The second-order valence-electron chi connectivity index (χ2n) is 6.14. The summed E-state index contributed by atoms with van der Waals surface area (Å²) in [5.74, 6) is -1.47. The lowest BCUT2D eigenvalue weighted by Crippen LogP contribution is -2.69. The van der Waals surface area contributed by atoms with Gasteiger partial charge in [-0.1, -0.05) is 12.1 Å². The molecule has 25 heavy (non-hydrogen) atoms. The van der Waals surface area contributed by atoms with Gasteiger partial charge in [0.05, 0.1) is 0 Å². The molecule has 2 aliphatic heterocycles. The van der Waals surface area contributed by atoms with E-state index in [1.54, 1.807) is 6.92 Å². The van der Waals surface area contributed by atoms with Crippen molar-refractivity contribution in [1.82, 2.24) is 19.8 Å². The molecular weight excluding hydrogens is 354 g/mol. The van der Waals surface area contributed by atoms with Gasteiger partial charge in [0.25, 0.3) is 5.91 Å². The van der Waals surface area contributed by atoms with Crippen LogP contribution in [0.15, 0.2) is 29.2 Å². The Kier molecular flexibility index (Phi) is 5.05. The molecule has 2 fully saturated rings. The van der Waals surface area contributed by atoms with Crippen molar-refractivity contribution >= 4 is 15.9 Å². The van der Waals surface area contributed by atoms with Gasteiger partial charge in [-0.2, -0.15) is 4.31 Å². The minimum atomic E-state index is -3.91. The smallest absolute Gasteiger partial charge is 0.258 e. The Hall–Kier alpha value is -1.62. The lowest BCUT2D eigenvalue weighted by atomic mass is 10.1. The summed E-state index contributed by atoms with van der Waals surface area (Å²) in [4.78, 5) is 13.1. The number of hydrogen-bond donors (Lipinski definition) is 2. The number of benzene rings is 1. The summed E-state index contributed by atoms with van der Waals surface area (Å²) in [6.45, 7) is 2.54. The van der Waals surface area contributed by atoms with Crippen molar-refractivity contribution in [2.45, 2.75) is 30.3 Å². The molecule has 10 heteroatoms. The highest BCUT2D eigenvalue weighted by molar-refractivity contribution is 7.89. The van der Waals surface area contributed by atoms with Gasteiger partial charge < -0.3 is 5.32 Å². The number of piperazine rings is 1. The molecule has 3 rings (SSSR count). The Morgan fingerprint density at radius 3 is 2.40 bits per heavy atom. The molecule has 2 aliphatic rings. The number of carbonyl (C=O) groups excluding carboxylic acids is 1. The van der Waals surface area contributed by atoms with E-state index in [1.807, 2.05) is 4.90 Å². The largest absolute Gasteiger partial charge is 0.325 e. The molecule has 2 saturated heterocycles. The fourth-order valence-corrected chi connectivity index (χ4v) is 4.50. The molecule has 1 aromatic carbocycles. The van der Waals surface area contributed by atoms with Crippen LogP contribution < -0.4 is 10.6 Å². The van der Waals surface area contributed by atoms with Crippen molar-refractivity contribution in [3.8, 4) is 0 Å². The number of halogens is 2. The van der Waals surface area contributed by atoms with Crippen LogP contribution >= 0.6 is 0 Å². The Balaban J connectivity index is 1.66. The second kappa shape index (κ2) is 6.94. The van der Waals surface area contributed by atoms with E-state index in [2.05, 4.69) is 10.6 Å². The molecule has 7 nitrogen and oxygen atoms in total. The third kappa shape index (κ3) is 3.52. The predicted molar refractivity (Wildman–Crippen MR) is 86.2 cm³/mol. The van der Waals surface area contributed by atoms with E-state index in [9.17, 15) is 22.0 Å². The van der Waals surface area contributed by atoms with Crippen LogP contribution in [-0.2, 0) is 14.8 Å². The second-order valence-corrected chi connectivity index (χ2v) is 8.05. The molecule has 0 radical (unpaired) electrons. The van der Waals surface area contributed by atoms with Crippen LogP contribution in [0.4, 0.5) is 8.78 Å². The minimum Gasteiger partial charge on any atom is -0.325 e. The number of nitrogens with one attached hydrogen (secondary N) is 2. The molecule has 2 N–H and O–H groups in total. The highest BCUT2D eigenvalue weighted by Crippen LogP contribution is 2.21. The predicted octanol–water partition coefficient (Wildman–Crippen LogP) is -0.138. The van der Waals surface area contributed by atoms with E-state index in [0.717, 1.165) is 6.07 Å². The molecule has 1 amide bonds. The SMILES string of the molecule is CC1NC(N2CCN(S(=O)(=O)c3ccccc3F)CC2)NC(=O)C1F. The summed E-state index contributed by atoms with van der Waals surface area (Å²) in [5, 5.41) is 5.49. The lowest BCUT2D eigenvalue weighted by Gasteiger charge is -2.42. The van der Waals surface area contributed by atoms with Crippen molar-refractivity contribution < 1.29 is 22.0 Å². The first-order valence-electron chi connectivity index (χ1n) is 8.00. The fraction of sp³-hybridized carbons (Fsp3) is 0.533. The monoisotopic (exact) mass is 374 g/mol. The summed E-state index contributed by atoms with van der Waals surface area (Å²) >= 11 is 0.